The van der Waals surface area contributed by atoms with Crippen LogP contribution < -0.4 is 0 Å². The molecule has 2 fully saturated rings. The molecule has 1 saturated carbocycles. The van der Waals surface area contributed by atoms with Crippen molar-refractivity contribution in [1.82, 2.24) is 9.80 Å². The Bertz CT molecular complexity index is 1100. The van der Waals surface area contributed by atoms with Crippen LogP contribution >= 0.6 is 0 Å². The van der Waals surface area contributed by atoms with Gasteiger partial charge in [0.1, 0.15) is 0 Å². The molecule has 38 heavy (non-hydrogen) atoms. The number of hydrogen-bond donors (Lipinski definition) is 0. The van der Waals surface area contributed by atoms with Crippen molar-refractivity contribution >= 4 is 5.91 Å². The first-order chi connectivity index (χ1) is 17.5. The first-order valence-corrected chi connectivity index (χ1v) is 11.2. The lowest BCUT2D eigenvalue weighted by molar-refractivity contribution is -0.477. The number of halogens is 11. The quantitative estimate of drug-likeness (QED) is 0.441. The van der Waals surface area contributed by atoms with E-state index in [0.29, 0.717) is 11.1 Å². The molecular formula is C24H19F11N2O. The van der Waals surface area contributed by atoms with Crippen LogP contribution in [-0.4, -0.2) is 77.2 Å². The number of piperazine rings is 1. The number of carbonyl (C=O) groups is 1. The van der Waals surface area contributed by atoms with Crippen LogP contribution in [0.3, 0.4) is 0 Å². The van der Waals surface area contributed by atoms with E-state index < -0.39 is 60.3 Å². The molecule has 0 atom stereocenters. The molecule has 1 heterocycles. The standard InChI is InChI=1S/C24H19F11N2O/c25-19(20(26,27)22(30,31)24(34,35)23(32,33)21(19,28)29)18(38)37-13-11-36(12-14-37)17(15-7-3-1-4-8-15)16-9-5-2-6-10-16/h1-10,17H,11-14H2. The Hall–Kier alpha value is -2.90. The Morgan fingerprint density at radius 2 is 0.895 bits per heavy atom. The minimum Gasteiger partial charge on any atom is -0.337 e. The van der Waals surface area contributed by atoms with Crippen molar-refractivity contribution in [2.75, 3.05) is 26.2 Å². The summed E-state index contributed by atoms with van der Waals surface area (Å²) in [7, 11) is 0. The van der Waals surface area contributed by atoms with Crippen LogP contribution in [0.25, 0.3) is 0 Å². The van der Waals surface area contributed by atoms with E-state index in [2.05, 4.69) is 0 Å². The second kappa shape index (κ2) is 8.82. The molecule has 3 nitrogen and oxygen atoms in total. The highest BCUT2D eigenvalue weighted by molar-refractivity contribution is 5.89. The Kier molecular flexibility index (Phi) is 6.52. The molecule has 1 amide bonds. The largest absolute Gasteiger partial charge is 0.384 e. The van der Waals surface area contributed by atoms with E-state index in [9.17, 15) is 48.7 Å². The molecule has 0 bridgehead atoms. The summed E-state index contributed by atoms with van der Waals surface area (Å²) < 4.78 is 155. The highest BCUT2D eigenvalue weighted by Gasteiger charge is 3.03. The first-order valence-electron chi connectivity index (χ1n) is 11.2. The average molecular weight is 560 g/mol. The third kappa shape index (κ3) is 3.47. The Balaban J connectivity index is 1.65. The van der Waals surface area contributed by atoms with Crippen LogP contribution in [0, 0.1) is 0 Å². The molecule has 0 unspecified atom stereocenters. The summed E-state index contributed by atoms with van der Waals surface area (Å²) in [5.41, 5.74) is -5.23. The monoisotopic (exact) mass is 560 g/mol. The molecule has 0 radical (unpaired) electrons. The maximum atomic E-state index is 15.2. The zero-order valence-corrected chi connectivity index (χ0v) is 19.1. The predicted molar refractivity (Wildman–Crippen MR) is 111 cm³/mol. The molecule has 2 aromatic rings. The van der Waals surface area contributed by atoms with Gasteiger partial charge in [0.25, 0.3) is 5.91 Å². The molecular weight excluding hydrogens is 541 g/mol. The van der Waals surface area contributed by atoms with E-state index in [1.807, 2.05) is 0 Å². The normalized spacial score (nSPS) is 25.2. The van der Waals surface area contributed by atoms with E-state index >= 15 is 4.39 Å². The lowest BCUT2D eigenvalue weighted by atomic mass is 9.71. The maximum absolute atomic E-state index is 15.2. The van der Waals surface area contributed by atoms with Gasteiger partial charge < -0.3 is 4.90 Å². The van der Waals surface area contributed by atoms with Crippen molar-refractivity contribution in [3.63, 3.8) is 0 Å². The fraction of sp³-hybridized carbons (Fsp3) is 0.458. The van der Waals surface area contributed by atoms with Gasteiger partial charge in [-0.25, -0.2) is 4.39 Å². The lowest BCUT2D eigenvalue weighted by Gasteiger charge is -2.52. The van der Waals surface area contributed by atoms with Gasteiger partial charge in [-0.15, -0.1) is 0 Å². The molecule has 208 valence electrons. The number of rotatable bonds is 4. The molecule has 1 aliphatic heterocycles. The Morgan fingerprint density at radius 1 is 0.553 bits per heavy atom. The van der Waals surface area contributed by atoms with E-state index in [1.54, 1.807) is 65.6 Å². The van der Waals surface area contributed by atoms with Crippen LogP contribution in [0.2, 0.25) is 0 Å². The molecule has 0 N–H and O–H groups in total. The summed E-state index contributed by atoms with van der Waals surface area (Å²) in [6.07, 6.45) is 0. The minimum absolute atomic E-state index is 0.0546. The van der Waals surface area contributed by atoms with Crippen molar-refractivity contribution in [1.29, 1.82) is 0 Å². The second-order valence-electron chi connectivity index (χ2n) is 9.08. The summed E-state index contributed by atoms with van der Waals surface area (Å²) in [5, 5.41) is 0. The van der Waals surface area contributed by atoms with Crippen LogP contribution in [0.4, 0.5) is 48.3 Å². The van der Waals surface area contributed by atoms with Gasteiger partial charge in [-0.1, -0.05) is 60.7 Å². The van der Waals surface area contributed by atoms with E-state index in [4.69, 9.17) is 0 Å². The number of alkyl halides is 11. The number of benzene rings is 2. The Labute approximate surface area is 208 Å². The van der Waals surface area contributed by atoms with Crippen molar-refractivity contribution in [3.8, 4) is 0 Å². The van der Waals surface area contributed by atoms with Crippen LogP contribution in [0.5, 0.6) is 0 Å². The molecule has 1 saturated heterocycles. The minimum atomic E-state index is -7.36. The molecule has 2 aromatic carbocycles. The maximum Gasteiger partial charge on any atom is 0.384 e. The van der Waals surface area contributed by atoms with E-state index in [-0.39, 0.29) is 18.0 Å². The fourth-order valence-corrected chi connectivity index (χ4v) is 4.78. The second-order valence-corrected chi connectivity index (χ2v) is 9.08. The molecule has 0 spiro atoms. The van der Waals surface area contributed by atoms with Crippen LogP contribution in [0.1, 0.15) is 17.2 Å². The average Bonchev–Trinajstić information content (AvgIpc) is 2.88. The number of amides is 1. The zero-order chi connectivity index (χ0) is 28.4. The van der Waals surface area contributed by atoms with Gasteiger partial charge in [0, 0.05) is 26.2 Å². The van der Waals surface area contributed by atoms with Crippen LogP contribution in [0.15, 0.2) is 60.7 Å². The summed E-state index contributed by atoms with van der Waals surface area (Å²) in [5.74, 6) is -39.5. The van der Waals surface area contributed by atoms with Crippen molar-refractivity contribution in [3.05, 3.63) is 71.8 Å². The topological polar surface area (TPSA) is 23.6 Å². The molecule has 14 heteroatoms. The highest BCUT2D eigenvalue weighted by Crippen LogP contribution is 2.69. The number of hydrogen-bond acceptors (Lipinski definition) is 2. The van der Waals surface area contributed by atoms with Gasteiger partial charge in [0.2, 0.25) is 0 Å². The van der Waals surface area contributed by atoms with E-state index in [1.165, 1.54) is 0 Å². The van der Waals surface area contributed by atoms with Gasteiger partial charge >= 0.3 is 35.3 Å². The van der Waals surface area contributed by atoms with Crippen molar-refractivity contribution in [2.24, 2.45) is 0 Å². The van der Waals surface area contributed by atoms with E-state index in [0.717, 1.165) is 0 Å². The molecule has 2 aliphatic rings. The summed E-state index contributed by atoms with van der Waals surface area (Å²) in [6.45, 7) is -2.26. The number of carbonyl (C=O) groups excluding carboxylic acids is 1. The van der Waals surface area contributed by atoms with Gasteiger partial charge in [-0.05, 0) is 11.1 Å². The first kappa shape index (κ1) is 28.1. The molecule has 1 aliphatic carbocycles. The summed E-state index contributed by atoms with van der Waals surface area (Å²) >= 11 is 0. The summed E-state index contributed by atoms with van der Waals surface area (Å²) in [6, 6.07) is 16.7. The lowest BCUT2D eigenvalue weighted by Crippen LogP contribution is -2.86. The zero-order valence-electron chi connectivity index (χ0n) is 19.1. The third-order valence-electron chi connectivity index (χ3n) is 6.93. The Morgan fingerprint density at radius 3 is 1.26 bits per heavy atom. The fourth-order valence-electron chi connectivity index (χ4n) is 4.78. The van der Waals surface area contributed by atoms with Crippen LogP contribution in [-0.2, 0) is 4.79 Å². The van der Waals surface area contributed by atoms with Gasteiger partial charge in [-0.2, -0.15) is 43.9 Å². The predicted octanol–water partition coefficient (Wildman–Crippen LogP) is 5.82. The molecule has 4 rings (SSSR count). The van der Waals surface area contributed by atoms with Crippen molar-refractivity contribution in [2.45, 2.75) is 41.3 Å². The van der Waals surface area contributed by atoms with Crippen molar-refractivity contribution < 1.29 is 53.1 Å². The number of nitrogens with zero attached hydrogens (tertiary/aromatic N) is 2. The highest BCUT2D eigenvalue weighted by atomic mass is 19.4. The summed E-state index contributed by atoms with van der Waals surface area (Å²) in [4.78, 5) is 14.2. The SMILES string of the molecule is O=C(N1CCN(C(c2ccccc2)c2ccccc2)CC1)C1(F)C(F)(F)C(F)(F)C(F)(F)C(F)(F)C1(F)F. The van der Waals surface area contributed by atoms with Gasteiger partial charge in [0.05, 0.1) is 6.04 Å². The van der Waals surface area contributed by atoms with Gasteiger partial charge in [0.15, 0.2) is 0 Å². The molecule has 0 aromatic heterocycles. The third-order valence-corrected chi connectivity index (χ3v) is 6.93. The smallest absolute Gasteiger partial charge is 0.337 e. The van der Waals surface area contributed by atoms with Gasteiger partial charge in [-0.3, -0.25) is 9.69 Å².